The summed E-state index contributed by atoms with van der Waals surface area (Å²) in [5, 5.41) is 0. The average Bonchev–Trinajstić information content (AvgIpc) is 2.39. The van der Waals surface area contributed by atoms with Crippen molar-refractivity contribution in [2.75, 3.05) is 7.11 Å². The Balaban J connectivity index is -0.000000245. The summed E-state index contributed by atoms with van der Waals surface area (Å²) in [6, 6.07) is 6.18. The lowest BCUT2D eigenvalue weighted by Gasteiger charge is -2.03. The normalized spacial score (nSPS) is 7.06. The highest BCUT2D eigenvalue weighted by molar-refractivity contribution is 5.35. The molecule has 0 bridgehead atoms. The fourth-order valence-corrected chi connectivity index (χ4v) is 0.927. The maximum absolute atomic E-state index is 5.13. The SMILES string of the molecule is CC.CC.CC.COc1cc(C)ccc1C. The third-order valence-electron chi connectivity index (χ3n) is 1.56. The lowest BCUT2D eigenvalue weighted by molar-refractivity contribution is 0.411. The average molecular weight is 226 g/mol. The van der Waals surface area contributed by atoms with Gasteiger partial charge in [0, 0.05) is 0 Å². The molecule has 16 heavy (non-hydrogen) atoms. The first-order valence-electron chi connectivity index (χ1n) is 6.35. The van der Waals surface area contributed by atoms with Crippen LogP contribution in [0.2, 0.25) is 0 Å². The molecule has 0 aliphatic heterocycles. The Kier molecular flexibility index (Phi) is 21.0. The molecule has 1 heteroatoms. The van der Waals surface area contributed by atoms with Gasteiger partial charge in [-0.25, -0.2) is 0 Å². The van der Waals surface area contributed by atoms with E-state index in [0.717, 1.165) is 5.75 Å². The van der Waals surface area contributed by atoms with Gasteiger partial charge in [0.1, 0.15) is 5.75 Å². The van der Waals surface area contributed by atoms with Crippen LogP contribution in [0.4, 0.5) is 0 Å². The maximum Gasteiger partial charge on any atom is 0.122 e. The second-order valence-electron chi connectivity index (χ2n) is 2.47. The highest BCUT2D eigenvalue weighted by Crippen LogP contribution is 2.17. The predicted molar refractivity (Wildman–Crippen MR) is 76.5 cm³/mol. The number of hydrogen-bond donors (Lipinski definition) is 0. The fourth-order valence-electron chi connectivity index (χ4n) is 0.927. The van der Waals surface area contributed by atoms with Crippen molar-refractivity contribution in [2.45, 2.75) is 55.4 Å². The zero-order valence-corrected chi connectivity index (χ0v) is 12.6. The van der Waals surface area contributed by atoms with Crippen LogP contribution in [0, 0.1) is 13.8 Å². The summed E-state index contributed by atoms with van der Waals surface area (Å²) >= 11 is 0. The van der Waals surface area contributed by atoms with Crippen molar-refractivity contribution in [3.63, 3.8) is 0 Å². The van der Waals surface area contributed by atoms with Gasteiger partial charge in [0.2, 0.25) is 0 Å². The van der Waals surface area contributed by atoms with E-state index in [2.05, 4.69) is 19.1 Å². The number of hydrogen-bond acceptors (Lipinski definition) is 1. The van der Waals surface area contributed by atoms with Crippen molar-refractivity contribution in [2.24, 2.45) is 0 Å². The van der Waals surface area contributed by atoms with E-state index in [-0.39, 0.29) is 0 Å². The van der Waals surface area contributed by atoms with Crippen molar-refractivity contribution in [1.82, 2.24) is 0 Å². The van der Waals surface area contributed by atoms with Crippen LogP contribution in [0.3, 0.4) is 0 Å². The number of ether oxygens (including phenoxy) is 1. The first-order chi connectivity index (χ1) is 7.74. The van der Waals surface area contributed by atoms with Crippen molar-refractivity contribution in [1.29, 1.82) is 0 Å². The van der Waals surface area contributed by atoms with Crippen LogP contribution in [-0.2, 0) is 0 Å². The highest BCUT2D eigenvalue weighted by atomic mass is 16.5. The van der Waals surface area contributed by atoms with E-state index < -0.39 is 0 Å². The van der Waals surface area contributed by atoms with Gasteiger partial charge in [-0.15, -0.1) is 0 Å². The minimum Gasteiger partial charge on any atom is -0.496 e. The van der Waals surface area contributed by atoms with Crippen molar-refractivity contribution in [3.05, 3.63) is 29.3 Å². The molecule has 0 heterocycles. The number of aryl methyl sites for hydroxylation is 2. The fraction of sp³-hybridized carbons (Fsp3) is 0.600. The lowest BCUT2D eigenvalue weighted by Crippen LogP contribution is -1.86. The third kappa shape index (κ3) is 9.57. The molecule has 0 radical (unpaired) electrons. The Morgan fingerprint density at radius 2 is 1.25 bits per heavy atom. The van der Waals surface area contributed by atoms with Gasteiger partial charge < -0.3 is 4.74 Å². The minimum atomic E-state index is 0.972. The zero-order chi connectivity index (χ0) is 13.6. The van der Waals surface area contributed by atoms with E-state index >= 15 is 0 Å². The van der Waals surface area contributed by atoms with Gasteiger partial charge in [-0.2, -0.15) is 0 Å². The lowest BCUT2D eigenvalue weighted by atomic mass is 10.1. The van der Waals surface area contributed by atoms with Crippen molar-refractivity contribution in [3.8, 4) is 5.75 Å². The summed E-state index contributed by atoms with van der Waals surface area (Å²) < 4.78 is 5.13. The summed E-state index contributed by atoms with van der Waals surface area (Å²) in [6.07, 6.45) is 0. The summed E-state index contributed by atoms with van der Waals surface area (Å²) in [5.41, 5.74) is 2.43. The molecule has 0 unspecified atom stereocenters. The van der Waals surface area contributed by atoms with Crippen LogP contribution < -0.4 is 4.74 Å². The van der Waals surface area contributed by atoms with Gasteiger partial charge in [-0.1, -0.05) is 53.7 Å². The van der Waals surface area contributed by atoms with E-state index in [9.17, 15) is 0 Å². The largest absolute Gasteiger partial charge is 0.496 e. The minimum absolute atomic E-state index is 0.972. The monoisotopic (exact) mass is 226 g/mol. The van der Waals surface area contributed by atoms with Gasteiger partial charge in [-0.3, -0.25) is 0 Å². The van der Waals surface area contributed by atoms with Gasteiger partial charge >= 0.3 is 0 Å². The molecule has 0 fully saturated rings. The maximum atomic E-state index is 5.13. The number of rotatable bonds is 1. The van der Waals surface area contributed by atoms with Crippen LogP contribution in [-0.4, -0.2) is 7.11 Å². The van der Waals surface area contributed by atoms with E-state index in [4.69, 9.17) is 4.74 Å². The van der Waals surface area contributed by atoms with E-state index in [1.807, 2.05) is 54.5 Å². The van der Waals surface area contributed by atoms with Crippen molar-refractivity contribution < 1.29 is 4.74 Å². The Hall–Kier alpha value is -0.980. The van der Waals surface area contributed by atoms with E-state index in [1.54, 1.807) is 7.11 Å². The highest BCUT2D eigenvalue weighted by Gasteiger charge is 1.94. The molecule has 1 aromatic carbocycles. The molecule has 0 atom stereocenters. The third-order valence-corrected chi connectivity index (χ3v) is 1.56. The molecular formula is C15H30O. The first-order valence-corrected chi connectivity index (χ1v) is 6.35. The molecule has 0 N–H and O–H groups in total. The molecule has 0 saturated carbocycles. The summed E-state index contributed by atoms with van der Waals surface area (Å²) in [6.45, 7) is 16.1. The van der Waals surface area contributed by atoms with E-state index in [0.29, 0.717) is 0 Å². The zero-order valence-electron chi connectivity index (χ0n) is 12.6. The topological polar surface area (TPSA) is 9.23 Å². The number of benzene rings is 1. The van der Waals surface area contributed by atoms with Crippen LogP contribution in [0.15, 0.2) is 18.2 Å². The van der Waals surface area contributed by atoms with Crippen LogP contribution in [0.5, 0.6) is 5.75 Å². The standard InChI is InChI=1S/C9H12O.3C2H6/c1-7-4-5-8(2)9(6-7)10-3;3*1-2/h4-6H,1-3H3;3*1-2H3. The molecule has 1 rings (SSSR count). The Morgan fingerprint density at radius 1 is 0.812 bits per heavy atom. The molecule has 1 aromatic rings. The molecule has 96 valence electrons. The predicted octanol–water partition coefficient (Wildman–Crippen LogP) is 5.39. The van der Waals surface area contributed by atoms with E-state index in [1.165, 1.54) is 11.1 Å². The molecule has 1 nitrogen and oxygen atoms in total. The van der Waals surface area contributed by atoms with Gasteiger partial charge in [0.15, 0.2) is 0 Å². The Labute approximate surface area is 103 Å². The van der Waals surface area contributed by atoms with Crippen molar-refractivity contribution >= 4 is 0 Å². The Morgan fingerprint density at radius 3 is 1.56 bits per heavy atom. The van der Waals surface area contributed by atoms with Crippen LogP contribution in [0.25, 0.3) is 0 Å². The molecule has 0 aromatic heterocycles. The second-order valence-corrected chi connectivity index (χ2v) is 2.47. The molecule has 0 aliphatic rings. The Bertz CT molecular complexity index is 229. The van der Waals surface area contributed by atoms with Gasteiger partial charge in [0.05, 0.1) is 7.11 Å². The molecule has 0 amide bonds. The molecule has 0 aliphatic carbocycles. The summed E-state index contributed by atoms with van der Waals surface area (Å²) in [4.78, 5) is 0. The molecular weight excluding hydrogens is 196 g/mol. The van der Waals surface area contributed by atoms with Crippen LogP contribution >= 0.6 is 0 Å². The molecule has 0 spiro atoms. The van der Waals surface area contributed by atoms with Gasteiger partial charge in [-0.05, 0) is 31.0 Å². The van der Waals surface area contributed by atoms with Crippen LogP contribution in [0.1, 0.15) is 52.7 Å². The first kappa shape index (κ1) is 20.4. The summed E-state index contributed by atoms with van der Waals surface area (Å²) in [7, 11) is 1.70. The second kappa shape index (κ2) is 16.4. The van der Waals surface area contributed by atoms with Gasteiger partial charge in [0.25, 0.3) is 0 Å². The smallest absolute Gasteiger partial charge is 0.122 e. The molecule has 0 saturated heterocycles. The summed E-state index contributed by atoms with van der Waals surface area (Å²) in [5.74, 6) is 0.972. The quantitative estimate of drug-likeness (QED) is 0.623. The number of methoxy groups -OCH3 is 1.